The summed E-state index contributed by atoms with van der Waals surface area (Å²) in [5.41, 5.74) is 0. The quantitative estimate of drug-likeness (QED) is 0.879. The van der Waals surface area contributed by atoms with Gasteiger partial charge in [0, 0.05) is 24.5 Å². The Morgan fingerprint density at radius 2 is 2.40 bits per heavy atom. The Hall–Kier alpha value is -1.46. The van der Waals surface area contributed by atoms with Crippen molar-refractivity contribution in [3.63, 3.8) is 0 Å². The molecule has 1 N–H and O–H groups in total. The van der Waals surface area contributed by atoms with Gasteiger partial charge in [0.2, 0.25) is 0 Å². The molecule has 1 atom stereocenters. The highest BCUT2D eigenvalue weighted by atomic mass is 32.1. The number of fused-ring (bicyclic) bond motifs is 1. The van der Waals surface area contributed by atoms with Crippen molar-refractivity contribution in [2.24, 2.45) is 0 Å². The Balaban J connectivity index is 1.84. The van der Waals surface area contributed by atoms with Gasteiger partial charge in [0.15, 0.2) is 5.78 Å². The molecule has 1 aliphatic heterocycles. The smallest absolute Gasteiger partial charge is 0.169 e. The van der Waals surface area contributed by atoms with Crippen LogP contribution in [0.25, 0.3) is 10.2 Å². The third-order valence-electron chi connectivity index (χ3n) is 3.72. The monoisotopic (exact) mass is 289 g/mol. The van der Waals surface area contributed by atoms with Crippen molar-refractivity contribution in [1.29, 1.82) is 0 Å². The first-order valence-electron chi connectivity index (χ1n) is 7.07. The molecule has 0 spiro atoms. The summed E-state index contributed by atoms with van der Waals surface area (Å²) in [6.45, 7) is 6.81. The van der Waals surface area contributed by atoms with Gasteiger partial charge in [-0.1, -0.05) is 6.92 Å². The Bertz CT molecular complexity index is 637. The topological polar surface area (TPSA) is 45.2 Å². The molecule has 3 heterocycles. The van der Waals surface area contributed by atoms with Gasteiger partial charge in [0.1, 0.15) is 10.6 Å². The second kappa shape index (κ2) is 5.50. The second-order valence-electron chi connectivity index (χ2n) is 5.22. The molecule has 0 saturated carbocycles. The van der Waals surface area contributed by atoms with Crippen molar-refractivity contribution in [3.8, 4) is 0 Å². The highest BCUT2D eigenvalue weighted by Gasteiger charge is 2.22. The second-order valence-corrected chi connectivity index (χ2v) is 6.25. The first-order chi connectivity index (χ1) is 9.67. The number of hydrogen-bond donors (Lipinski definition) is 1. The molecule has 20 heavy (non-hydrogen) atoms. The van der Waals surface area contributed by atoms with Crippen LogP contribution < -0.4 is 10.2 Å². The van der Waals surface area contributed by atoms with E-state index in [1.165, 1.54) is 11.3 Å². The molecule has 3 rings (SSSR count). The van der Waals surface area contributed by atoms with Gasteiger partial charge in [0.05, 0.1) is 4.88 Å². The number of thiophene rings is 1. The van der Waals surface area contributed by atoms with Crippen molar-refractivity contribution in [1.82, 2.24) is 10.3 Å². The van der Waals surface area contributed by atoms with Gasteiger partial charge >= 0.3 is 0 Å². The van der Waals surface area contributed by atoms with E-state index in [0.717, 1.165) is 47.0 Å². The lowest BCUT2D eigenvalue weighted by Crippen LogP contribution is -2.32. The number of carbonyl (C=O) groups is 1. The van der Waals surface area contributed by atoms with E-state index < -0.39 is 0 Å². The summed E-state index contributed by atoms with van der Waals surface area (Å²) in [4.78, 5) is 20.2. The molecule has 1 fully saturated rings. The van der Waals surface area contributed by atoms with Crippen LogP contribution in [-0.4, -0.2) is 36.4 Å². The summed E-state index contributed by atoms with van der Waals surface area (Å²) in [6.07, 6.45) is 1.16. The number of nitrogens with zero attached hydrogens (tertiary/aromatic N) is 2. The highest BCUT2D eigenvalue weighted by Crippen LogP contribution is 2.28. The number of rotatable bonds is 4. The van der Waals surface area contributed by atoms with Crippen LogP contribution in [0.15, 0.2) is 18.2 Å². The summed E-state index contributed by atoms with van der Waals surface area (Å²) in [5, 5.41) is 4.55. The van der Waals surface area contributed by atoms with Crippen LogP contribution in [0.1, 0.15) is 29.9 Å². The number of carbonyl (C=O) groups excluding carboxylic acids is 1. The lowest BCUT2D eigenvalue weighted by atomic mass is 10.2. The molecule has 1 saturated heterocycles. The molecule has 0 amide bonds. The van der Waals surface area contributed by atoms with Crippen molar-refractivity contribution < 1.29 is 4.79 Å². The molecule has 106 valence electrons. The van der Waals surface area contributed by atoms with E-state index in [9.17, 15) is 4.79 Å². The Morgan fingerprint density at radius 1 is 1.55 bits per heavy atom. The minimum atomic E-state index is 0.114. The number of ketones is 1. The van der Waals surface area contributed by atoms with Gasteiger partial charge < -0.3 is 10.2 Å². The highest BCUT2D eigenvalue weighted by molar-refractivity contribution is 7.20. The van der Waals surface area contributed by atoms with Crippen LogP contribution in [0.5, 0.6) is 0 Å². The Kier molecular flexibility index (Phi) is 3.72. The number of pyridine rings is 1. The number of likely N-dealkylation sites (N-methyl/N-ethyl adjacent to an activating group) is 1. The van der Waals surface area contributed by atoms with Gasteiger partial charge in [0.25, 0.3) is 0 Å². The number of anilines is 1. The number of nitrogens with one attached hydrogen (secondary N) is 1. The van der Waals surface area contributed by atoms with E-state index in [1.54, 1.807) is 6.92 Å². The molecule has 0 bridgehead atoms. The summed E-state index contributed by atoms with van der Waals surface area (Å²) in [6, 6.07) is 6.63. The summed E-state index contributed by atoms with van der Waals surface area (Å²) < 4.78 is 0. The van der Waals surface area contributed by atoms with Crippen LogP contribution in [0.2, 0.25) is 0 Å². The molecule has 0 aromatic carbocycles. The van der Waals surface area contributed by atoms with Crippen molar-refractivity contribution in [2.75, 3.05) is 24.5 Å². The van der Waals surface area contributed by atoms with Crippen molar-refractivity contribution in [3.05, 3.63) is 23.1 Å². The fraction of sp³-hybridized carbons (Fsp3) is 0.467. The molecular weight excluding hydrogens is 270 g/mol. The first-order valence-corrected chi connectivity index (χ1v) is 7.89. The zero-order valence-corrected chi connectivity index (χ0v) is 12.7. The summed E-state index contributed by atoms with van der Waals surface area (Å²) in [5.74, 6) is 1.14. The largest absolute Gasteiger partial charge is 0.355 e. The normalized spacial score (nSPS) is 18.9. The Morgan fingerprint density at radius 3 is 3.15 bits per heavy atom. The molecule has 4 nitrogen and oxygen atoms in total. The maximum atomic E-state index is 11.4. The van der Waals surface area contributed by atoms with Gasteiger partial charge in [-0.3, -0.25) is 4.79 Å². The Labute approximate surface area is 122 Å². The molecule has 5 heteroatoms. The number of hydrogen-bond acceptors (Lipinski definition) is 5. The molecule has 1 aliphatic rings. The molecular formula is C15H19N3OS. The van der Waals surface area contributed by atoms with E-state index >= 15 is 0 Å². The van der Waals surface area contributed by atoms with Gasteiger partial charge in [-0.15, -0.1) is 11.3 Å². The fourth-order valence-corrected chi connectivity index (χ4v) is 3.60. The SMILES string of the molecule is CCN[C@H]1CCN(c2ccc3cc(C(C)=O)sc3n2)C1. The number of aromatic nitrogens is 1. The number of Topliss-reactive ketones (excluding diaryl/α,β-unsaturated/α-hetero) is 1. The standard InChI is InChI=1S/C15H19N3OS/c1-3-16-12-6-7-18(9-12)14-5-4-11-8-13(10(2)19)20-15(11)17-14/h4-5,8,12,16H,3,6-7,9H2,1-2H3/t12-/m0/s1. The zero-order chi connectivity index (χ0) is 14.1. The zero-order valence-electron chi connectivity index (χ0n) is 11.8. The summed E-state index contributed by atoms with van der Waals surface area (Å²) >= 11 is 1.49. The fourth-order valence-electron chi connectivity index (χ4n) is 2.68. The molecule has 0 aliphatic carbocycles. The maximum absolute atomic E-state index is 11.4. The van der Waals surface area contributed by atoms with Crippen molar-refractivity contribution >= 4 is 33.2 Å². The van der Waals surface area contributed by atoms with Gasteiger partial charge in [-0.2, -0.15) is 0 Å². The minimum absolute atomic E-state index is 0.114. The first kappa shape index (κ1) is 13.5. The molecule has 2 aromatic heterocycles. The van der Waals surface area contributed by atoms with E-state index in [1.807, 2.05) is 6.07 Å². The van der Waals surface area contributed by atoms with Crippen LogP contribution in [0.3, 0.4) is 0 Å². The van der Waals surface area contributed by atoms with E-state index in [-0.39, 0.29) is 5.78 Å². The van der Waals surface area contributed by atoms with E-state index in [2.05, 4.69) is 29.3 Å². The average molecular weight is 289 g/mol. The van der Waals surface area contributed by atoms with Crippen LogP contribution in [0, 0.1) is 0 Å². The van der Waals surface area contributed by atoms with Crippen LogP contribution in [0.4, 0.5) is 5.82 Å². The summed E-state index contributed by atoms with van der Waals surface area (Å²) in [7, 11) is 0. The lowest BCUT2D eigenvalue weighted by Gasteiger charge is -2.17. The predicted molar refractivity (Wildman–Crippen MR) is 83.9 cm³/mol. The molecule has 2 aromatic rings. The maximum Gasteiger partial charge on any atom is 0.169 e. The minimum Gasteiger partial charge on any atom is -0.355 e. The van der Waals surface area contributed by atoms with Gasteiger partial charge in [-0.25, -0.2) is 4.98 Å². The van der Waals surface area contributed by atoms with E-state index in [0.29, 0.717) is 6.04 Å². The third kappa shape index (κ3) is 2.55. The van der Waals surface area contributed by atoms with Crippen LogP contribution >= 0.6 is 11.3 Å². The third-order valence-corrected chi connectivity index (χ3v) is 4.87. The molecule has 0 unspecified atom stereocenters. The van der Waals surface area contributed by atoms with Gasteiger partial charge in [-0.05, 0) is 38.1 Å². The predicted octanol–water partition coefficient (Wildman–Crippen LogP) is 2.69. The van der Waals surface area contributed by atoms with E-state index in [4.69, 9.17) is 4.98 Å². The average Bonchev–Trinajstić information content (AvgIpc) is 3.04. The lowest BCUT2D eigenvalue weighted by molar-refractivity contribution is 0.102. The van der Waals surface area contributed by atoms with Crippen LogP contribution in [-0.2, 0) is 0 Å². The van der Waals surface area contributed by atoms with Crippen molar-refractivity contribution in [2.45, 2.75) is 26.3 Å². The molecule has 0 radical (unpaired) electrons.